The minimum absolute atomic E-state index is 0. The summed E-state index contributed by atoms with van der Waals surface area (Å²) in [6, 6.07) is 6.63. The molecular weight excluding hydrogens is 415 g/mol. The Morgan fingerprint density at radius 1 is 0.677 bits per heavy atom. The summed E-state index contributed by atoms with van der Waals surface area (Å²) in [6.45, 7) is 4.47. The first-order chi connectivity index (χ1) is 14.4. The minimum atomic E-state index is -4.09. The van der Waals surface area contributed by atoms with Crippen molar-refractivity contribution in [3.05, 3.63) is 29.8 Å². The first-order valence-corrected chi connectivity index (χ1v) is 14.0. The van der Waals surface area contributed by atoms with Crippen molar-refractivity contribution in [2.24, 2.45) is 0 Å². The van der Waals surface area contributed by atoms with Crippen LogP contribution in [-0.4, -0.2) is 42.5 Å². The molecule has 1 rings (SSSR count). The van der Waals surface area contributed by atoms with Crippen LogP contribution >= 0.6 is 0 Å². The van der Waals surface area contributed by atoms with E-state index in [1.165, 1.54) is 115 Å². The summed E-state index contributed by atoms with van der Waals surface area (Å²) in [6.07, 6.45) is 23.3. The number of unbranched alkanes of at least 4 members (excludes halogenated alkanes) is 15. The van der Waals surface area contributed by atoms with E-state index in [1.54, 1.807) is 0 Å². The van der Waals surface area contributed by atoms with Crippen LogP contribution in [0.4, 0.5) is 0 Å². The quantitative estimate of drug-likeness (QED) is 0.129. The number of rotatable bonds is 19. The molecule has 1 N–H and O–H groups in total. The van der Waals surface area contributed by atoms with Gasteiger partial charge >= 0.3 is 29.6 Å². The third kappa shape index (κ3) is 16.4. The van der Waals surface area contributed by atoms with Crippen LogP contribution in [0.1, 0.15) is 134 Å². The molecule has 1 aromatic rings. The standard InChI is InChI=1S/C26H46O3S.Na.H/c1-3-4-5-6-7-8-9-10-11-12-13-14-15-16-17-18-19-24(2)25-20-22-26(23-21-25)30(27,28)29;;/h20-24H,3-19H2,1-2H3,(H,27,28,29);;. The van der Waals surface area contributed by atoms with E-state index in [-0.39, 0.29) is 34.5 Å². The van der Waals surface area contributed by atoms with E-state index in [9.17, 15) is 8.42 Å². The summed E-state index contributed by atoms with van der Waals surface area (Å²) in [4.78, 5) is -0.0270. The van der Waals surface area contributed by atoms with Crippen molar-refractivity contribution in [2.45, 2.75) is 134 Å². The molecule has 0 aliphatic rings. The monoisotopic (exact) mass is 462 g/mol. The maximum atomic E-state index is 11.1. The SMILES string of the molecule is CCCCCCCCCCCCCCCCCCC(C)c1ccc(S(=O)(=O)O)cc1.[NaH]. The van der Waals surface area contributed by atoms with Crippen LogP contribution in [0.5, 0.6) is 0 Å². The van der Waals surface area contributed by atoms with Gasteiger partial charge in [-0.2, -0.15) is 8.42 Å². The third-order valence-corrected chi connectivity index (χ3v) is 7.11. The fraction of sp³-hybridized carbons (Fsp3) is 0.769. The van der Waals surface area contributed by atoms with E-state index in [0.717, 1.165) is 12.0 Å². The fourth-order valence-electron chi connectivity index (χ4n) is 4.13. The molecule has 176 valence electrons. The van der Waals surface area contributed by atoms with Gasteiger partial charge in [-0.3, -0.25) is 4.55 Å². The summed E-state index contributed by atoms with van der Waals surface area (Å²) in [5.41, 5.74) is 1.14. The zero-order chi connectivity index (χ0) is 22.1. The van der Waals surface area contributed by atoms with Gasteiger partial charge in [-0.25, -0.2) is 0 Å². The summed E-state index contributed by atoms with van der Waals surface area (Å²) < 4.78 is 31.3. The first kappa shape index (κ1) is 31.1. The Morgan fingerprint density at radius 3 is 1.39 bits per heavy atom. The van der Waals surface area contributed by atoms with Crippen LogP contribution < -0.4 is 0 Å². The molecule has 0 saturated carbocycles. The molecule has 1 atom stereocenters. The number of benzene rings is 1. The second-order valence-electron chi connectivity index (χ2n) is 9.04. The molecule has 31 heavy (non-hydrogen) atoms. The van der Waals surface area contributed by atoms with Crippen molar-refractivity contribution >= 4 is 39.7 Å². The second-order valence-corrected chi connectivity index (χ2v) is 10.5. The summed E-state index contributed by atoms with van der Waals surface area (Å²) in [5, 5.41) is 0. The van der Waals surface area contributed by atoms with Crippen LogP contribution in [0.3, 0.4) is 0 Å². The van der Waals surface area contributed by atoms with Gasteiger partial charge in [0.15, 0.2) is 0 Å². The molecule has 0 heterocycles. The molecule has 0 aromatic heterocycles. The van der Waals surface area contributed by atoms with E-state index in [2.05, 4.69) is 13.8 Å². The topological polar surface area (TPSA) is 54.4 Å². The van der Waals surface area contributed by atoms with Gasteiger partial charge in [-0.15, -0.1) is 0 Å². The average Bonchev–Trinajstić information content (AvgIpc) is 2.72. The Morgan fingerprint density at radius 2 is 1.03 bits per heavy atom. The van der Waals surface area contributed by atoms with Gasteiger partial charge in [0, 0.05) is 0 Å². The van der Waals surface area contributed by atoms with Crippen molar-refractivity contribution in [3.8, 4) is 0 Å². The van der Waals surface area contributed by atoms with Crippen molar-refractivity contribution in [1.29, 1.82) is 0 Å². The number of hydrogen-bond acceptors (Lipinski definition) is 2. The van der Waals surface area contributed by atoms with Gasteiger partial charge in [-0.1, -0.05) is 129 Å². The third-order valence-electron chi connectivity index (χ3n) is 6.24. The van der Waals surface area contributed by atoms with E-state index < -0.39 is 10.1 Å². The van der Waals surface area contributed by atoms with Gasteiger partial charge < -0.3 is 0 Å². The molecule has 0 spiro atoms. The predicted molar refractivity (Wildman–Crippen MR) is 136 cm³/mol. The molecule has 1 aromatic carbocycles. The molecule has 0 bridgehead atoms. The second kappa shape index (κ2) is 19.6. The van der Waals surface area contributed by atoms with Crippen LogP contribution in [-0.2, 0) is 10.1 Å². The summed E-state index contributed by atoms with van der Waals surface area (Å²) in [5.74, 6) is 0.423. The molecule has 0 aliphatic heterocycles. The van der Waals surface area contributed by atoms with Gasteiger partial charge in [0.05, 0.1) is 4.90 Å². The van der Waals surface area contributed by atoms with Crippen molar-refractivity contribution in [3.63, 3.8) is 0 Å². The first-order valence-electron chi connectivity index (χ1n) is 12.5. The molecule has 5 heteroatoms. The molecule has 3 nitrogen and oxygen atoms in total. The van der Waals surface area contributed by atoms with Crippen LogP contribution in [0.15, 0.2) is 29.2 Å². The predicted octanol–water partition coefficient (Wildman–Crippen LogP) is 8.04. The fourth-order valence-corrected chi connectivity index (χ4v) is 4.61. The van der Waals surface area contributed by atoms with E-state index in [0.29, 0.717) is 5.92 Å². The molecule has 0 radical (unpaired) electrons. The summed E-state index contributed by atoms with van der Waals surface area (Å²) in [7, 11) is -4.09. The molecule has 0 fully saturated rings. The van der Waals surface area contributed by atoms with Crippen LogP contribution in [0.2, 0.25) is 0 Å². The van der Waals surface area contributed by atoms with Crippen molar-refractivity contribution < 1.29 is 13.0 Å². The van der Waals surface area contributed by atoms with E-state index in [4.69, 9.17) is 4.55 Å². The van der Waals surface area contributed by atoms with E-state index in [1.807, 2.05) is 12.1 Å². The van der Waals surface area contributed by atoms with Crippen molar-refractivity contribution in [1.82, 2.24) is 0 Å². The zero-order valence-electron chi connectivity index (χ0n) is 19.6. The Labute approximate surface area is 215 Å². The maximum absolute atomic E-state index is 11.1. The Balaban J connectivity index is 0.00000900. The zero-order valence-corrected chi connectivity index (χ0v) is 20.4. The van der Waals surface area contributed by atoms with Crippen LogP contribution in [0.25, 0.3) is 0 Å². The average molecular weight is 463 g/mol. The Hall–Kier alpha value is 0.130. The number of hydrogen-bond donors (Lipinski definition) is 1. The van der Waals surface area contributed by atoms with Gasteiger partial charge in [0.25, 0.3) is 10.1 Å². The van der Waals surface area contributed by atoms with Crippen LogP contribution in [0, 0.1) is 0 Å². The Bertz CT molecular complexity index is 629. The normalized spacial score (nSPS) is 12.5. The van der Waals surface area contributed by atoms with E-state index >= 15 is 0 Å². The summed E-state index contributed by atoms with van der Waals surface area (Å²) >= 11 is 0. The van der Waals surface area contributed by atoms with Gasteiger partial charge in [-0.05, 0) is 30.0 Å². The molecule has 0 amide bonds. The molecule has 1 unspecified atom stereocenters. The molecule has 0 saturated heterocycles. The van der Waals surface area contributed by atoms with Crippen molar-refractivity contribution in [2.75, 3.05) is 0 Å². The van der Waals surface area contributed by atoms with Gasteiger partial charge in [0.2, 0.25) is 0 Å². The van der Waals surface area contributed by atoms with Gasteiger partial charge in [0.1, 0.15) is 0 Å². The molecular formula is C26H47NaO3S. The Kier molecular flexibility index (Phi) is 19.7. The molecule has 0 aliphatic carbocycles.